The number of ether oxygens (including phenoxy) is 2. The number of carbonyl (C=O) groups is 2. The first-order valence-corrected chi connectivity index (χ1v) is 8.42. The average molecular weight is 357 g/mol. The van der Waals surface area contributed by atoms with Gasteiger partial charge in [0.2, 0.25) is 5.91 Å². The third-order valence-electron chi connectivity index (χ3n) is 3.82. The van der Waals surface area contributed by atoms with Crippen molar-refractivity contribution in [3.63, 3.8) is 0 Å². The third kappa shape index (κ3) is 5.81. The Balaban J connectivity index is 1.87. The van der Waals surface area contributed by atoms with Crippen LogP contribution in [-0.4, -0.2) is 37.2 Å². The largest absolute Gasteiger partial charge is 0.494 e. The lowest BCUT2D eigenvalue weighted by molar-refractivity contribution is -0.139. The van der Waals surface area contributed by atoms with Crippen molar-refractivity contribution in [2.75, 3.05) is 25.2 Å². The summed E-state index contributed by atoms with van der Waals surface area (Å²) in [6.45, 7) is 2.17. The van der Waals surface area contributed by atoms with Gasteiger partial charge < -0.3 is 19.5 Å². The van der Waals surface area contributed by atoms with E-state index in [1.165, 1.54) is 0 Å². The summed E-state index contributed by atoms with van der Waals surface area (Å²) in [5.74, 6) is 0.241. The number of aryl methyl sites for hydroxylation is 1. The predicted molar refractivity (Wildman–Crippen MR) is 98.9 cm³/mol. The van der Waals surface area contributed by atoms with Crippen LogP contribution in [0.25, 0.3) is 0 Å². The van der Waals surface area contributed by atoms with Crippen molar-refractivity contribution in [1.82, 2.24) is 0 Å². The number of carboxylic acid groups (broad SMARTS) is 1. The van der Waals surface area contributed by atoms with Gasteiger partial charge in [0.25, 0.3) is 0 Å². The lowest BCUT2D eigenvalue weighted by Gasteiger charge is -2.18. The highest BCUT2D eigenvalue weighted by Gasteiger charge is 2.11. The van der Waals surface area contributed by atoms with E-state index in [2.05, 4.69) is 0 Å². The summed E-state index contributed by atoms with van der Waals surface area (Å²) in [6.07, 6.45) is 1.04. The Labute approximate surface area is 153 Å². The van der Waals surface area contributed by atoms with Crippen LogP contribution in [-0.2, 0) is 16.0 Å². The van der Waals surface area contributed by atoms with Gasteiger partial charge >= 0.3 is 5.97 Å². The molecule has 0 radical (unpaired) electrons. The molecule has 0 aromatic heterocycles. The second-order valence-corrected chi connectivity index (χ2v) is 5.71. The third-order valence-corrected chi connectivity index (χ3v) is 3.82. The van der Waals surface area contributed by atoms with Gasteiger partial charge in [-0.1, -0.05) is 12.1 Å². The van der Waals surface area contributed by atoms with Crippen LogP contribution < -0.4 is 14.4 Å². The Morgan fingerprint density at radius 1 is 0.962 bits per heavy atom. The molecule has 1 amide bonds. The van der Waals surface area contributed by atoms with E-state index >= 15 is 0 Å². The molecule has 0 saturated carbocycles. The lowest BCUT2D eigenvalue weighted by Crippen LogP contribution is -2.26. The van der Waals surface area contributed by atoms with E-state index in [-0.39, 0.29) is 5.91 Å². The molecule has 0 atom stereocenters. The van der Waals surface area contributed by atoms with Crippen LogP contribution in [0.4, 0.5) is 5.69 Å². The second kappa shape index (κ2) is 9.46. The maximum absolute atomic E-state index is 12.4. The number of anilines is 1. The maximum atomic E-state index is 12.4. The van der Waals surface area contributed by atoms with Crippen LogP contribution in [0.1, 0.15) is 18.9 Å². The topological polar surface area (TPSA) is 76.1 Å². The lowest BCUT2D eigenvalue weighted by atomic mass is 10.1. The van der Waals surface area contributed by atoms with Crippen molar-refractivity contribution >= 4 is 17.6 Å². The van der Waals surface area contributed by atoms with Crippen molar-refractivity contribution in [2.24, 2.45) is 0 Å². The molecule has 0 aliphatic heterocycles. The Morgan fingerprint density at radius 3 is 2.12 bits per heavy atom. The van der Waals surface area contributed by atoms with Crippen LogP contribution >= 0.6 is 0 Å². The van der Waals surface area contributed by atoms with E-state index in [1.54, 1.807) is 36.2 Å². The summed E-state index contributed by atoms with van der Waals surface area (Å²) in [5.41, 5.74) is 1.80. The molecular formula is C20H23NO5. The van der Waals surface area contributed by atoms with Gasteiger partial charge in [-0.05, 0) is 55.3 Å². The Hall–Kier alpha value is -3.02. The van der Waals surface area contributed by atoms with Crippen LogP contribution in [0.5, 0.6) is 11.5 Å². The van der Waals surface area contributed by atoms with Gasteiger partial charge in [-0.3, -0.25) is 4.79 Å². The fourth-order valence-corrected chi connectivity index (χ4v) is 2.39. The van der Waals surface area contributed by atoms with Crippen molar-refractivity contribution in [2.45, 2.75) is 19.8 Å². The number of rotatable bonds is 9. The Bertz CT molecular complexity index is 725. The predicted octanol–water partition coefficient (Wildman–Crippen LogP) is 3.14. The molecule has 2 aromatic rings. The van der Waals surface area contributed by atoms with Crippen molar-refractivity contribution in [3.05, 3.63) is 54.1 Å². The molecule has 0 bridgehead atoms. The molecule has 2 aromatic carbocycles. The molecule has 0 saturated heterocycles. The van der Waals surface area contributed by atoms with Gasteiger partial charge in [0, 0.05) is 19.2 Å². The number of aliphatic carboxylic acids is 1. The van der Waals surface area contributed by atoms with Crippen molar-refractivity contribution < 1.29 is 24.2 Å². The molecule has 6 heteroatoms. The number of benzene rings is 2. The van der Waals surface area contributed by atoms with E-state index in [4.69, 9.17) is 14.6 Å². The van der Waals surface area contributed by atoms with E-state index in [0.717, 1.165) is 17.0 Å². The quantitative estimate of drug-likeness (QED) is 0.746. The van der Waals surface area contributed by atoms with E-state index < -0.39 is 12.6 Å². The number of hydrogen-bond donors (Lipinski definition) is 1. The molecule has 0 heterocycles. The first-order chi connectivity index (χ1) is 12.5. The smallest absolute Gasteiger partial charge is 0.341 e. The molecule has 0 spiro atoms. The monoisotopic (exact) mass is 357 g/mol. The molecule has 0 aliphatic rings. The standard InChI is InChI=1S/C20H23NO5/c1-3-25-17-9-4-15(5-10-17)6-13-19(22)21(2)16-7-11-18(12-8-16)26-14-20(23)24/h4-5,7-12H,3,6,13-14H2,1-2H3,(H,23,24). The molecule has 1 N–H and O–H groups in total. The second-order valence-electron chi connectivity index (χ2n) is 5.71. The summed E-state index contributed by atoms with van der Waals surface area (Å²) in [5, 5.41) is 8.60. The van der Waals surface area contributed by atoms with Gasteiger partial charge in [0.15, 0.2) is 6.61 Å². The van der Waals surface area contributed by atoms with Crippen molar-refractivity contribution in [3.8, 4) is 11.5 Å². The Morgan fingerprint density at radius 2 is 1.54 bits per heavy atom. The van der Waals surface area contributed by atoms with Gasteiger partial charge in [0.1, 0.15) is 11.5 Å². The van der Waals surface area contributed by atoms with Crippen LogP contribution in [0.3, 0.4) is 0 Å². The summed E-state index contributed by atoms with van der Waals surface area (Å²) < 4.78 is 10.5. The highest BCUT2D eigenvalue weighted by Crippen LogP contribution is 2.20. The van der Waals surface area contributed by atoms with Gasteiger partial charge in [-0.2, -0.15) is 0 Å². The Kier molecular flexibility index (Phi) is 7.02. The zero-order valence-electron chi connectivity index (χ0n) is 15.0. The summed E-state index contributed by atoms with van der Waals surface area (Å²) in [7, 11) is 1.72. The molecule has 138 valence electrons. The fraction of sp³-hybridized carbons (Fsp3) is 0.300. The van der Waals surface area contributed by atoms with E-state index in [9.17, 15) is 9.59 Å². The summed E-state index contributed by atoms with van der Waals surface area (Å²) >= 11 is 0. The van der Waals surface area contributed by atoms with Crippen LogP contribution in [0.15, 0.2) is 48.5 Å². The van der Waals surface area contributed by atoms with E-state index in [0.29, 0.717) is 25.2 Å². The molecule has 0 unspecified atom stereocenters. The zero-order valence-corrected chi connectivity index (χ0v) is 15.0. The zero-order chi connectivity index (χ0) is 18.9. The van der Waals surface area contributed by atoms with Gasteiger partial charge in [-0.15, -0.1) is 0 Å². The number of amides is 1. The van der Waals surface area contributed by atoms with Crippen LogP contribution in [0.2, 0.25) is 0 Å². The SMILES string of the molecule is CCOc1ccc(CCC(=O)N(C)c2ccc(OCC(=O)O)cc2)cc1. The minimum Gasteiger partial charge on any atom is -0.494 e. The van der Waals surface area contributed by atoms with Gasteiger partial charge in [-0.25, -0.2) is 4.79 Å². The molecule has 2 rings (SSSR count). The highest BCUT2D eigenvalue weighted by atomic mass is 16.5. The van der Waals surface area contributed by atoms with E-state index in [1.807, 2.05) is 31.2 Å². The minimum absolute atomic E-state index is 0.00177. The number of hydrogen-bond acceptors (Lipinski definition) is 4. The first kappa shape index (κ1) is 19.3. The molecule has 6 nitrogen and oxygen atoms in total. The molecule has 0 aliphatic carbocycles. The first-order valence-electron chi connectivity index (χ1n) is 8.42. The normalized spacial score (nSPS) is 10.2. The number of carboxylic acids is 1. The maximum Gasteiger partial charge on any atom is 0.341 e. The number of carbonyl (C=O) groups excluding carboxylic acids is 1. The molecular weight excluding hydrogens is 334 g/mol. The molecule has 0 fully saturated rings. The summed E-state index contributed by atoms with van der Waals surface area (Å²) in [6, 6.07) is 14.5. The minimum atomic E-state index is -1.03. The van der Waals surface area contributed by atoms with Crippen molar-refractivity contribution in [1.29, 1.82) is 0 Å². The van der Waals surface area contributed by atoms with Gasteiger partial charge in [0.05, 0.1) is 6.61 Å². The average Bonchev–Trinajstić information content (AvgIpc) is 2.65. The highest BCUT2D eigenvalue weighted by molar-refractivity contribution is 5.92. The fourth-order valence-electron chi connectivity index (χ4n) is 2.39. The van der Waals surface area contributed by atoms with Crippen LogP contribution in [0, 0.1) is 0 Å². The molecule has 26 heavy (non-hydrogen) atoms. The summed E-state index contributed by atoms with van der Waals surface area (Å²) in [4.78, 5) is 24.4. The number of nitrogens with zero attached hydrogens (tertiary/aromatic N) is 1.